The van der Waals surface area contributed by atoms with Crippen molar-refractivity contribution < 1.29 is 14.3 Å². The second kappa shape index (κ2) is 6.38. The van der Waals surface area contributed by atoms with Crippen LogP contribution in [0.5, 0.6) is 0 Å². The smallest absolute Gasteiger partial charge is 0.313 e. The molecule has 100 valence electrons. The van der Waals surface area contributed by atoms with Crippen LogP contribution in [0.2, 0.25) is 0 Å². The van der Waals surface area contributed by atoms with E-state index in [0.717, 1.165) is 5.56 Å². The maximum Gasteiger partial charge on any atom is 0.313 e. The zero-order chi connectivity index (χ0) is 13.7. The van der Waals surface area contributed by atoms with Gasteiger partial charge in [0, 0.05) is 18.9 Å². The van der Waals surface area contributed by atoms with E-state index in [1.807, 2.05) is 10.6 Å². The van der Waals surface area contributed by atoms with Crippen molar-refractivity contribution >= 4 is 17.7 Å². The number of nitrogens with zero attached hydrogens (tertiary/aromatic N) is 2. The number of aliphatic carboxylic acids is 1. The predicted molar refractivity (Wildman–Crippen MR) is 70.7 cm³/mol. The van der Waals surface area contributed by atoms with Crippen LogP contribution in [0, 0.1) is 5.82 Å². The van der Waals surface area contributed by atoms with Crippen molar-refractivity contribution in [3.8, 4) is 0 Å². The van der Waals surface area contributed by atoms with Crippen LogP contribution in [0.25, 0.3) is 0 Å². The highest BCUT2D eigenvalue weighted by Crippen LogP contribution is 2.16. The van der Waals surface area contributed by atoms with E-state index in [2.05, 4.69) is 4.98 Å². The summed E-state index contributed by atoms with van der Waals surface area (Å²) in [6.45, 7) is 0.644. The van der Waals surface area contributed by atoms with Crippen LogP contribution in [-0.2, 0) is 17.8 Å². The van der Waals surface area contributed by atoms with Crippen LogP contribution in [0.3, 0.4) is 0 Å². The van der Waals surface area contributed by atoms with Gasteiger partial charge in [-0.1, -0.05) is 23.9 Å². The average molecular weight is 280 g/mol. The third-order valence-electron chi connectivity index (χ3n) is 2.53. The van der Waals surface area contributed by atoms with Crippen LogP contribution in [0.15, 0.2) is 41.8 Å². The van der Waals surface area contributed by atoms with E-state index in [9.17, 15) is 9.18 Å². The molecule has 1 heterocycles. The van der Waals surface area contributed by atoms with Gasteiger partial charge < -0.3 is 9.67 Å². The quantitative estimate of drug-likeness (QED) is 0.826. The number of halogens is 1. The van der Waals surface area contributed by atoms with Gasteiger partial charge in [-0.2, -0.15) is 0 Å². The molecule has 6 heteroatoms. The van der Waals surface area contributed by atoms with Crippen molar-refractivity contribution in [2.24, 2.45) is 0 Å². The third kappa shape index (κ3) is 4.10. The van der Waals surface area contributed by atoms with E-state index < -0.39 is 5.97 Å². The summed E-state index contributed by atoms with van der Waals surface area (Å²) in [7, 11) is 0. The molecule has 0 unspecified atom stereocenters. The highest BCUT2D eigenvalue weighted by molar-refractivity contribution is 7.99. The zero-order valence-electron chi connectivity index (χ0n) is 10.1. The highest BCUT2D eigenvalue weighted by atomic mass is 32.2. The number of rotatable bonds is 6. The van der Waals surface area contributed by atoms with E-state index in [0.29, 0.717) is 18.1 Å². The number of imidazole rings is 1. The molecular weight excluding hydrogens is 267 g/mol. The van der Waals surface area contributed by atoms with E-state index in [1.165, 1.54) is 23.9 Å². The first-order valence-corrected chi connectivity index (χ1v) is 6.74. The number of aromatic nitrogens is 2. The van der Waals surface area contributed by atoms with Gasteiger partial charge in [-0.15, -0.1) is 0 Å². The Morgan fingerprint density at radius 1 is 1.47 bits per heavy atom. The summed E-state index contributed by atoms with van der Waals surface area (Å²) in [4.78, 5) is 14.6. The van der Waals surface area contributed by atoms with Crippen molar-refractivity contribution in [1.82, 2.24) is 9.55 Å². The van der Waals surface area contributed by atoms with Crippen molar-refractivity contribution in [3.05, 3.63) is 48.0 Å². The SMILES string of the molecule is O=C(O)CSc1nccn1CCc1cccc(F)c1. The number of carboxylic acids is 1. The number of hydrogen-bond acceptors (Lipinski definition) is 3. The Hall–Kier alpha value is -1.82. The number of benzene rings is 1. The lowest BCUT2D eigenvalue weighted by atomic mass is 10.1. The standard InChI is InChI=1S/C13H13FN2O2S/c14-11-3-1-2-10(8-11)4-6-16-7-5-15-13(16)19-9-12(17)18/h1-3,5,7-8H,4,6,9H2,(H,17,18). The molecule has 4 nitrogen and oxygen atoms in total. The molecule has 1 aromatic carbocycles. The summed E-state index contributed by atoms with van der Waals surface area (Å²) < 4.78 is 14.9. The minimum atomic E-state index is -0.871. The second-order valence-corrected chi connectivity index (χ2v) is 4.91. The monoisotopic (exact) mass is 280 g/mol. The first-order chi connectivity index (χ1) is 9.15. The molecule has 0 atom stereocenters. The Morgan fingerprint density at radius 3 is 3.05 bits per heavy atom. The molecular formula is C13H13FN2O2S. The van der Waals surface area contributed by atoms with E-state index in [1.54, 1.807) is 18.5 Å². The molecule has 0 aliphatic rings. The fraction of sp³-hybridized carbons (Fsp3) is 0.231. The zero-order valence-corrected chi connectivity index (χ0v) is 10.9. The Balaban J connectivity index is 1.96. The molecule has 0 fully saturated rings. The van der Waals surface area contributed by atoms with Gasteiger partial charge in [0.15, 0.2) is 5.16 Å². The van der Waals surface area contributed by atoms with E-state index >= 15 is 0 Å². The van der Waals surface area contributed by atoms with Gasteiger partial charge in [-0.25, -0.2) is 9.37 Å². The van der Waals surface area contributed by atoms with Crippen LogP contribution in [0.4, 0.5) is 4.39 Å². The van der Waals surface area contributed by atoms with Crippen LogP contribution >= 0.6 is 11.8 Å². The maximum atomic E-state index is 13.0. The van der Waals surface area contributed by atoms with Gasteiger partial charge in [0.05, 0.1) is 5.75 Å². The molecule has 2 rings (SSSR count). The largest absolute Gasteiger partial charge is 0.481 e. The molecule has 0 aliphatic carbocycles. The molecule has 0 spiro atoms. The lowest BCUT2D eigenvalue weighted by molar-refractivity contribution is -0.133. The van der Waals surface area contributed by atoms with Gasteiger partial charge in [-0.05, 0) is 24.1 Å². The fourth-order valence-corrected chi connectivity index (χ4v) is 2.38. The average Bonchev–Trinajstić information content (AvgIpc) is 2.81. The van der Waals surface area contributed by atoms with Crippen molar-refractivity contribution in [3.63, 3.8) is 0 Å². The number of carbonyl (C=O) groups is 1. The Kier molecular flexibility index (Phi) is 4.57. The Labute approximate surface area is 114 Å². The third-order valence-corrected chi connectivity index (χ3v) is 3.52. The van der Waals surface area contributed by atoms with Gasteiger partial charge in [-0.3, -0.25) is 4.79 Å². The van der Waals surface area contributed by atoms with Crippen LogP contribution < -0.4 is 0 Å². The number of aryl methyl sites for hydroxylation is 2. The summed E-state index contributed by atoms with van der Waals surface area (Å²) in [5.74, 6) is -1.13. The number of hydrogen-bond donors (Lipinski definition) is 1. The number of carboxylic acid groups (broad SMARTS) is 1. The number of thioether (sulfide) groups is 1. The van der Waals surface area contributed by atoms with Gasteiger partial charge in [0.2, 0.25) is 0 Å². The Morgan fingerprint density at radius 2 is 2.32 bits per heavy atom. The van der Waals surface area contributed by atoms with Gasteiger partial charge in [0.25, 0.3) is 0 Å². The van der Waals surface area contributed by atoms with E-state index in [-0.39, 0.29) is 11.6 Å². The normalized spacial score (nSPS) is 10.6. The summed E-state index contributed by atoms with van der Waals surface area (Å²) in [6, 6.07) is 6.46. The van der Waals surface area contributed by atoms with Crippen LogP contribution in [0.1, 0.15) is 5.56 Å². The summed E-state index contributed by atoms with van der Waals surface area (Å²) in [5.41, 5.74) is 0.905. The van der Waals surface area contributed by atoms with Crippen molar-refractivity contribution in [2.75, 3.05) is 5.75 Å². The topological polar surface area (TPSA) is 55.1 Å². The predicted octanol–water partition coefficient (Wildman–Crippen LogP) is 2.44. The molecule has 2 aromatic rings. The molecule has 19 heavy (non-hydrogen) atoms. The summed E-state index contributed by atoms with van der Waals surface area (Å²) in [5, 5.41) is 9.31. The highest BCUT2D eigenvalue weighted by Gasteiger charge is 2.06. The molecule has 1 N–H and O–H groups in total. The summed E-state index contributed by atoms with van der Waals surface area (Å²) in [6.07, 6.45) is 4.11. The van der Waals surface area contributed by atoms with Crippen LogP contribution in [-0.4, -0.2) is 26.4 Å². The maximum absolute atomic E-state index is 13.0. The van der Waals surface area contributed by atoms with Crippen molar-refractivity contribution in [2.45, 2.75) is 18.1 Å². The molecule has 0 radical (unpaired) electrons. The molecule has 0 aliphatic heterocycles. The minimum Gasteiger partial charge on any atom is -0.481 e. The first kappa shape index (κ1) is 13.6. The lowest BCUT2D eigenvalue weighted by Gasteiger charge is -2.06. The molecule has 1 aromatic heterocycles. The minimum absolute atomic E-state index is 0.0169. The first-order valence-electron chi connectivity index (χ1n) is 5.75. The van der Waals surface area contributed by atoms with Gasteiger partial charge in [0.1, 0.15) is 5.82 Å². The lowest BCUT2D eigenvalue weighted by Crippen LogP contribution is -2.04. The second-order valence-electron chi connectivity index (χ2n) is 3.97. The molecule has 0 saturated heterocycles. The molecule has 0 bridgehead atoms. The van der Waals surface area contributed by atoms with Crippen molar-refractivity contribution in [1.29, 1.82) is 0 Å². The van der Waals surface area contributed by atoms with E-state index in [4.69, 9.17) is 5.11 Å². The molecule has 0 amide bonds. The fourth-order valence-electron chi connectivity index (χ4n) is 1.67. The van der Waals surface area contributed by atoms with Gasteiger partial charge >= 0.3 is 5.97 Å². The summed E-state index contributed by atoms with van der Waals surface area (Å²) >= 11 is 1.18. The Bertz CT molecular complexity index is 571. The molecule has 0 saturated carbocycles.